The SMILES string of the molecule is CCn1cnc2c(-c3cccnc3)nc(N3CCCCC3)cc2c1=O. The third kappa shape index (κ3) is 2.88. The summed E-state index contributed by atoms with van der Waals surface area (Å²) in [6.07, 6.45) is 8.69. The predicted molar refractivity (Wildman–Crippen MR) is 98.8 cm³/mol. The lowest BCUT2D eigenvalue weighted by atomic mass is 10.1. The van der Waals surface area contributed by atoms with E-state index >= 15 is 0 Å². The zero-order chi connectivity index (χ0) is 17.2. The van der Waals surface area contributed by atoms with Crippen molar-refractivity contribution in [3.63, 3.8) is 0 Å². The molecule has 0 aliphatic carbocycles. The first-order chi connectivity index (χ1) is 12.3. The highest BCUT2D eigenvalue weighted by Gasteiger charge is 2.18. The monoisotopic (exact) mass is 335 g/mol. The summed E-state index contributed by atoms with van der Waals surface area (Å²) in [5.41, 5.74) is 2.24. The van der Waals surface area contributed by atoms with E-state index in [1.165, 1.54) is 6.42 Å². The summed E-state index contributed by atoms with van der Waals surface area (Å²) in [6.45, 7) is 4.51. The lowest BCUT2D eigenvalue weighted by Crippen LogP contribution is -2.30. The number of nitrogens with zero attached hydrogens (tertiary/aromatic N) is 5. The molecular weight excluding hydrogens is 314 g/mol. The maximum atomic E-state index is 12.8. The summed E-state index contributed by atoms with van der Waals surface area (Å²) in [6, 6.07) is 5.74. The number of piperidine rings is 1. The van der Waals surface area contributed by atoms with Gasteiger partial charge in [-0.2, -0.15) is 0 Å². The molecule has 25 heavy (non-hydrogen) atoms. The van der Waals surface area contributed by atoms with Crippen molar-refractivity contribution in [2.24, 2.45) is 0 Å². The number of fused-ring (bicyclic) bond motifs is 1. The van der Waals surface area contributed by atoms with Crippen LogP contribution in [0.5, 0.6) is 0 Å². The van der Waals surface area contributed by atoms with Crippen molar-refractivity contribution in [2.45, 2.75) is 32.7 Å². The second kappa shape index (κ2) is 6.63. The molecule has 1 aliphatic rings. The Kier molecular flexibility index (Phi) is 4.17. The molecule has 3 aromatic rings. The molecule has 0 amide bonds. The molecule has 0 saturated carbocycles. The fourth-order valence-corrected chi connectivity index (χ4v) is 3.37. The minimum Gasteiger partial charge on any atom is -0.357 e. The van der Waals surface area contributed by atoms with Gasteiger partial charge in [0.25, 0.3) is 5.56 Å². The first kappa shape index (κ1) is 15.7. The molecular formula is C19H21N5O. The van der Waals surface area contributed by atoms with E-state index < -0.39 is 0 Å². The van der Waals surface area contributed by atoms with Gasteiger partial charge in [-0.3, -0.25) is 14.3 Å². The Bertz CT molecular complexity index is 945. The topological polar surface area (TPSA) is 63.9 Å². The van der Waals surface area contributed by atoms with Crippen LogP contribution >= 0.6 is 0 Å². The van der Waals surface area contributed by atoms with Crippen molar-refractivity contribution in [1.29, 1.82) is 0 Å². The van der Waals surface area contributed by atoms with Crippen LogP contribution in [0.4, 0.5) is 5.82 Å². The first-order valence-corrected chi connectivity index (χ1v) is 8.83. The molecule has 128 valence electrons. The number of aromatic nitrogens is 4. The smallest absolute Gasteiger partial charge is 0.261 e. The van der Waals surface area contributed by atoms with Gasteiger partial charge in [-0.05, 0) is 44.4 Å². The number of anilines is 1. The molecule has 0 N–H and O–H groups in total. The van der Waals surface area contributed by atoms with Crippen LogP contribution in [0.3, 0.4) is 0 Å². The van der Waals surface area contributed by atoms with Gasteiger partial charge in [0.2, 0.25) is 0 Å². The van der Waals surface area contributed by atoms with Crippen LogP contribution in [0.25, 0.3) is 22.2 Å². The van der Waals surface area contributed by atoms with E-state index in [2.05, 4.69) is 14.9 Å². The van der Waals surface area contributed by atoms with E-state index in [9.17, 15) is 4.79 Å². The van der Waals surface area contributed by atoms with E-state index in [1.807, 2.05) is 25.1 Å². The molecule has 1 aliphatic heterocycles. The summed E-state index contributed by atoms with van der Waals surface area (Å²) >= 11 is 0. The summed E-state index contributed by atoms with van der Waals surface area (Å²) < 4.78 is 1.63. The van der Waals surface area contributed by atoms with Gasteiger partial charge in [0.05, 0.1) is 11.7 Å². The number of rotatable bonds is 3. The summed E-state index contributed by atoms with van der Waals surface area (Å²) in [4.78, 5) is 28.7. The van der Waals surface area contributed by atoms with Crippen LogP contribution in [0.15, 0.2) is 41.7 Å². The molecule has 4 rings (SSSR count). The fourth-order valence-electron chi connectivity index (χ4n) is 3.37. The number of hydrogen-bond acceptors (Lipinski definition) is 5. The number of hydrogen-bond donors (Lipinski definition) is 0. The van der Waals surface area contributed by atoms with E-state index in [0.717, 1.165) is 43.0 Å². The van der Waals surface area contributed by atoms with Crippen LogP contribution < -0.4 is 10.5 Å². The minimum absolute atomic E-state index is 0.0155. The Labute approximate surface area is 146 Å². The highest BCUT2D eigenvalue weighted by atomic mass is 16.1. The molecule has 0 bridgehead atoms. The molecule has 1 saturated heterocycles. The van der Waals surface area contributed by atoms with Crippen molar-refractivity contribution in [1.82, 2.24) is 19.5 Å². The van der Waals surface area contributed by atoms with E-state index in [1.54, 1.807) is 23.3 Å². The van der Waals surface area contributed by atoms with Crippen LogP contribution in [-0.2, 0) is 6.54 Å². The van der Waals surface area contributed by atoms with E-state index in [0.29, 0.717) is 17.4 Å². The lowest BCUT2D eigenvalue weighted by Gasteiger charge is -2.28. The maximum absolute atomic E-state index is 12.8. The predicted octanol–water partition coefficient (Wildman–Crippen LogP) is 2.86. The van der Waals surface area contributed by atoms with E-state index in [-0.39, 0.29) is 5.56 Å². The van der Waals surface area contributed by atoms with E-state index in [4.69, 9.17) is 4.98 Å². The molecule has 0 aromatic carbocycles. The highest BCUT2D eigenvalue weighted by Crippen LogP contribution is 2.28. The second-order valence-corrected chi connectivity index (χ2v) is 6.35. The molecule has 0 radical (unpaired) electrons. The van der Waals surface area contributed by atoms with Crippen molar-refractivity contribution >= 4 is 16.7 Å². The van der Waals surface area contributed by atoms with Crippen molar-refractivity contribution in [2.75, 3.05) is 18.0 Å². The largest absolute Gasteiger partial charge is 0.357 e. The molecule has 0 unspecified atom stereocenters. The Hall–Kier alpha value is -2.76. The average molecular weight is 335 g/mol. The standard InChI is InChI=1S/C19H21N5O/c1-2-23-13-21-18-15(19(23)25)11-16(24-9-4-3-5-10-24)22-17(18)14-7-6-8-20-12-14/h6-8,11-13H,2-5,9-10H2,1H3. The van der Waals surface area contributed by atoms with Gasteiger partial charge in [0.1, 0.15) is 17.0 Å². The van der Waals surface area contributed by atoms with Gasteiger partial charge in [0.15, 0.2) is 0 Å². The lowest BCUT2D eigenvalue weighted by molar-refractivity contribution is 0.574. The highest BCUT2D eigenvalue weighted by molar-refractivity contribution is 5.92. The fraction of sp³-hybridized carbons (Fsp3) is 0.368. The quantitative estimate of drug-likeness (QED) is 0.736. The van der Waals surface area contributed by atoms with Crippen LogP contribution in [0.1, 0.15) is 26.2 Å². The van der Waals surface area contributed by atoms with Gasteiger partial charge in [-0.25, -0.2) is 9.97 Å². The second-order valence-electron chi connectivity index (χ2n) is 6.35. The third-order valence-electron chi connectivity index (χ3n) is 4.75. The Morgan fingerprint density at radius 1 is 1.20 bits per heavy atom. The summed E-state index contributed by atoms with van der Waals surface area (Å²) in [7, 11) is 0. The van der Waals surface area contributed by atoms with Crippen LogP contribution in [0, 0.1) is 0 Å². The third-order valence-corrected chi connectivity index (χ3v) is 4.75. The van der Waals surface area contributed by atoms with Gasteiger partial charge >= 0.3 is 0 Å². The van der Waals surface area contributed by atoms with Crippen LogP contribution in [-0.4, -0.2) is 32.6 Å². The van der Waals surface area contributed by atoms with Gasteiger partial charge in [-0.15, -0.1) is 0 Å². The molecule has 0 atom stereocenters. The van der Waals surface area contributed by atoms with Gasteiger partial charge < -0.3 is 4.90 Å². The molecule has 3 aromatic heterocycles. The molecule has 4 heterocycles. The first-order valence-electron chi connectivity index (χ1n) is 8.83. The average Bonchev–Trinajstić information content (AvgIpc) is 2.69. The Balaban J connectivity index is 1.98. The maximum Gasteiger partial charge on any atom is 0.261 e. The van der Waals surface area contributed by atoms with Crippen LogP contribution in [0.2, 0.25) is 0 Å². The van der Waals surface area contributed by atoms with Crippen molar-refractivity contribution < 1.29 is 0 Å². The minimum atomic E-state index is -0.0155. The Morgan fingerprint density at radius 2 is 2.04 bits per heavy atom. The van der Waals surface area contributed by atoms with Gasteiger partial charge in [0, 0.05) is 37.6 Å². The molecule has 6 heteroatoms. The molecule has 0 spiro atoms. The van der Waals surface area contributed by atoms with Crippen molar-refractivity contribution in [3.8, 4) is 11.3 Å². The van der Waals surface area contributed by atoms with Crippen molar-refractivity contribution in [3.05, 3.63) is 47.3 Å². The molecule has 6 nitrogen and oxygen atoms in total. The number of pyridine rings is 2. The summed E-state index contributed by atoms with van der Waals surface area (Å²) in [5, 5.41) is 0.624. The normalized spacial score (nSPS) is 14.8. The zero-order valence-electron chi connectivity index (χ0n) is 14.4. The summed E-state index contributed by atoms with van der Waals surface area (Å²) in [5.74, 6) is 0.860. The molecule has 1 fully saturated rings. The van der Waals surface area contributed by atoms with Gasteiger partial charge in [-0.1, -0.05) is 0 Å². The zero-order valence-corrected chi connectivity index (χ0v) is 14.4. The number of aryl methyl sites for hydroxylation is 1. The Morgan fingerprint density at radius 3 is 2.76 bits per heavy atom.